The highest BCUT2D eigenvalue weighted by atomic mass is 16.5. The molecule has 1 atom stereocenters. The number of hydrogen-bond donors (Lipinski definition) is 2. The second kappa shape index (κ2) is 12.7. The molecule has 1 rings (SSSR count). The third-order valence-corrected chi connectivity index (χ3v) is 5.02. The van der Waals surface area contributed by atoms with E-state index in [0.717, 1.165) is 51.3 Å². The predicted molar refractivity (Wildman–Crippen MR) is 112 cm³/mol. The first-order valence-electron chi connectivity index (χ1n) is 10.1. The predicted octanol–water partition coefficient (Wildman–Crippen LogP) is 1.32. The van der Waals surface area contributed by atoms with Gasteiger partial charge in [0.15, 0.2) is 5.96 Å². The first kappa shape index (κ1) is 23.4. The van der Waals surface area contributed by atoms with E-state index in [1.807, 2.05) is 6.92 Å². The minimum atomic E-state index is -0.0175. The van der Waals surface area contributed by atoms with Gasteiger partial charge in [-0.15, -0.1) is 0 Å². The van der Waals surface area contributed by atoms with Gasteiger partial charge in [-0.3, -0.25) is 9.69 Å². The number of carbonyl (C=O) groups is 1. The molecule has 0 spiro atoms. The Morgan fingerprint density at radius 2 is 1.85 bits per heavy atom. The van der Waals surface area contributed by atoms with Crippen LogP contribution in [0, 0.1) is 5.92 Å². The highest BCUT2D eigenvalue weighted by Crippen LogP contribution is 2.19. The van der Waals surface area contributed by atoms with Crippen LogP contribution in [0.1, 0.15) is 33.6 Å². The lowest BCUT2D eigenvalue weighted by Crippen LogP contribution is -2.53. The van der Waals surface area contributed by atoms with E-state index in [9.17, 15) is 4.79 Å². The van der Waals surface area contributed by atoms with Gasteiger partial charge >= 0.3 is 0 Å². The fourth-order valence-corrected chi connectivity index (χ4v) is 3.23. The van der Waals surface area contributed by atoms with Crippen LogP contribution in [0.15, 0.2) is 17.1 Å². The quantitative estimate of drug-likeness (QED) is 0.339. The number of carbonyl (C=O) groups excluding carboxylic acids is 1. The number of ether oxygens (including phenoxy) is 1. The molecule has 0 saturated carbocycles. The molecule has 156 valence electrons. The number of guanidine groups is 1. The van der Waals surface area contributed by atoms with E-state index in [1.165, 1.54) is 0 Å². The monoisotopic (exact) mass is 381 g/mol. The maximum atomic E-state index is 11.9. The number of rotatable bonds is 10. The molecular weight excluding hydrogens is 342 g/mol. The summed E-state index contributed by atoms with van der Waals surface area (Å²) < 4.78 is 5.52. The SMILES string of the molecule is C=C(C)CNC(=NCC(=O)N(C)C)NCC(C(CC)CC)N1CCOCC1. The normalized spacial score (nSPS) is 16.9. The summed E-state index contributed by atoms with van der Waals surface area (Å²) in [6.45, 7) is 15.5. The van der Waals surface area contributed by atoms with Gasteiger partial charge in [0.05, 0.1) is 13.2 Å². The number of nitrogens with one attached hydrogen (secondary N) is 2. The van der Waals surface area contributed by atoms with Gasteiger partial charge in [-0.1, -0.05) is 38.8 Å². The van der Waals surface area contributed by atoms with Crippen molar-refractivity contribution in [2.75, 3.05) is 60.0 Å². The molecule has 0 aromatic rings. The summed E-state index contributed by atoms with van der Waals surface area (Å²) in [6, 6.07) is 0.422. The second-order valence-corrected chi connectivity index (χ2v) is 7.44. The largest absolute Gasteiger partial charge is 0.379 e. The zero-order valence-corrected chi connectivity index (χ0v) is 17.9. The number of aliphatic imine (C=N–C) groups is 1. The maximum absolute atomic E-state index is 11.9. The highest BCUT2D eigenvalue weighted by molar-refractivity contribution is 5.84. The van der Waals surface area contributed by atoms with Crippen molar-refractivity contribution in [2.24, 2.45) is 10.9 Å². The van der Waals surface area contributed by atoms with Gasteiger partial charge in [0.2, 0.25) is 5.91 Å². The van der Waals surface area contributed by atoms with Crippen molar-refractivity contribution in [3.8, 4) is 0 Å². The standard InChI is InChI=1S/C20H39N5O2/c1-7-17(8-2)18(25-9-11-27-12-10-25)14-22-20(21-13-16(3)4)23-15-19(26)24(5)6/h17-18H,3,7-15H2,1-2,4-6H3,(H2,21,22,23). The minimum Gasteiger partial charge on any atom is -0.379 e. The Morgan fingerprint density at radius 1 is 1.22 bits per heavy atom. The Labute approximate surface area is 165 Å². The van der Waals surface area contributed by atoms with Crippen molar-refractivity contribution in [3.05, 3.63) is 12.2 Å². The van der Waals surface area contributed by atoms with E-state index in [0.29, 0.717) is 24.5 Å². The first-order chi connectivity index (χ1) is 12.9. The number of hydrogen-bond acceptors (Lipinski definition) is 4. The average Bonchev–Trinajstić information content (AvgIpc) is 2.66. The molecule has 1 heterocycles. The lowest BCUT2D eigenvalue weighted by molar-refractivity contribution is -0.127. The molecule has 27 heavy (non-hydrogen) atoms. The van der Waals surface area contributed by atoms with E-state index in [1.54, 1.807) is 19.0 Å². The van der Waals surface area contributed by atoms with Crippen LogP contribution in [0.5, 0.6) is 0 Å². The number of morpholine rings is 1. The molecule has 0 radical (unpaired) electrons. The molecule has 1 aliphatic rings. The minimum absolute atomic E-state index is 0.0175. The van der Waals surface area contributed by atoms with Crippen molar-refractivity contribution >= 4 is 11.9 Å². The molecule has 1 saturated heterocycles. The second-order valence-electron chi connectivity index (χ2n) is 7.44. The van der Waals surface area contributed by atoms with E-state index in [-0.39, 0.29) is 12.5 Å². The van der Waals surface area contributed by atoms with Crippen molar-refractivity contribution in [3.63, 3.8) is 0 Å². The third-order valence-electron chi connectivity index (χ3n) is 5.02. The lowest BCUT2D eigenvalue weighted by atomic mass is 9.92. The molecule has 1 amide bonds. The summed E-state index contributed by atoms with van der Waals surface area (Å²) in [5, 5.41) is 6.73. The molecule has 0 aliphatic carbocycles. The van der Waals surface area contributed by atoms with Crippen molar-refractivity contribution in [2.45, 2.75) is 39.7 Å². The van der Waals surface area contributed by atoms with Gasteiger partial charge in [0.1, 0.15) is 6.54 Å². The summed E-state index contributed by atoms with van der Waals surface area (Å²) in [5.74, 6) is 1.26. The Hall–Kier alpha value is -1.60. The Kier molecular flexibility index (Phi) is 11.0. The summed E-state index contributed by atoms with van der Waals surface area (Å²) in [7, 11) is 3.49. The zero-order chi connectivity index (χ0) is 20.2. The van der Waals surface area contributed by atoms with Crippen molar-refractivity contribution in [1.82, 2.24) is 20.4 Å². The molecule has 0 aromatic carbocycles. The van der Waals surface area contributed by atoms with Gasteiger partial charge in [0.25, 0.3) is 0 Å². The molecule has 1 aliphatic heterocycles. The van der Waals surface area contributed by atoms with Crippen molar-refractivity contribution < 1.29 is 9.53 Å². The number of nitrogens with zero attached hydrogens (tertiary/aromatic N) is 3. The summed E-state index contributed by atoms with van der Waals surface area (Å²) >= 11 is 0. The summed E-state index contributed by atoms with van der Waals surface area (Å²) in [5.41, 5.74) is 1.02. The molecule has 0 aromatic heterocycles. The van der Waals surface area contributed by atoms with Crippen molar-refractivity contribution in [1.29, 1.82) is 0 Å². The molecule has 0 bridgehead atoms. The molecule has 7 heteroatoms. The Morgan fingerprint density at radius 3 is 2.37 bits per heavy atom. The van der Waals surface area contributed by atoms with Crippen LogP contribution in [0.4, 0.5) is 0 Å². The van der Waals surface area contributed by atoms with E-state index in [2.05, 4.69) is 41.0 Å². The van der Waals surface area contributed by atoms with Crippen LogP contribution in [0.3, 0.4) is 0 Å². The van der Waals surface area contributed by atoms with Crippen LogP contribution in [0.25, 0.3) is 0 Å². The van der Waals surface area contributed by atoms with E-state index < -0.39 is 0 Å². The van der Waals surface area contributed by atoms with Gasteiger partial charge in [-0.25, -0.2) is 4.99 Å². The van der Waals surface area contributed by atoms with Gasteiger partial charge < -0.3 is 20.3 Å². The van der Waals surface area contributed by atoms with E-state index in [4.69, 9.17) is 4.74 Å². The van der Waals surface area contributed by atoms with Gasteiger partial charge in [-0.2, -0.15) is 0 Å². The molecule has 2 N–H and O–H groups in total. The maximum Gasteiger partial charge on any atom is 0.243 e. The Balaban J connectivity index is 2.79. The van der Waals surface area contributed by atoms with Crippen LogP contribution in [-0.2, 0) is 9.53 Å². The van der Waals surface area contributed by atoms with Gasteiger partial charge in [0, 0.05) is 46.3 Å². The summed E-state index contributed by atoms with van der Waals surface area (Å²) in [6.07, 6.45) is 2.29. The fourth-order valence-electron chi connectivity index (χ4n) is 3.23. The van der Waals surface area contributed by atoms with Crippen LogP contribution >= 0.6 is 0 Å². The highest BCUT2D eigenvalue weighted by Gasteiger charge is 2.27. The number of likely N-dealkylation sites (N-methyl/N-ethyl adjacent to an activating group) is 1. The average molecular weight is 382 g/mol. The van der Waals surface area contributed by atoms with Gasteiger partial charge in [-0.05, 0) is 12.8 Å². The van der Waals surface area contributed by atoms with Crippen LogP contribution in [0.2, 0.25) is 0 Å². The summed E-state index contributed by atoms with van der Waals surface area (Å²) in [4.78, 5) is 20.4. The smallest absolute Gasteiger partial charge is 0.243 e. The van der Waals surface area contributed by atoms with Crippen LogP contribution < -0.4 is 10.6 Å². The third kappa shape index (κ3) is 8.75. The lowest BCUT2D eigenvalue weighted by Gasteiger charge is -2.39. The fraction of sp³-hybridized carbons (Fsp3) is 0.800. The Bertz CT molecular complexity index is 483. The first-order valence-corrected chi connectivity index (χ1v) is 10.1. The molecule has 7 nitrogen and oxygen atoms in total. The number of amides is 1. The van der Waals surface area contributed by atoms with Crippen LogP contribution in [-0.4, -0.2) is 87.7 Å². The van der Waals surface area contributed by atoms with E-state index >= 15 is 0 Å². The molecular formula is C20H39N5O2. The topological polar surface area (TPSA) is 69.2 Å². The molecule has 1 unspecified atom stereocenters. The zero-order valence-electron chi connectivity index (χ0n) is 17.9. The molecule has 1 fully saturated rings.